The number of hydrogen-bond acceptors (Lipinski definition) is 4. The number of carbonyl (C=O) groups excluding carboxylic acids is 1. The Morgan fingerprint density at radius 2 is 2.53 bits per heavy atom. The van der Waals surface area contributed by atoms with Gasteiger partial charge in [0, 0.05) is 19.6 Å². The van der Waals surface area contributed by atoms with E-state index in [1.807, 2.05) is 4.57 Å². The van der Waals surface area contributed by atoms with E-state index < -0.39 is 0 Å². The summed E-state index contributed by atoms with van der Waals surface area (Å²) in [5, 5.41) is 3.20. The SMILES string of the molecule is CCOC(=O)c1ncn2c1CNCC2.Cl. The molecule has 2 heterocycles. The van der Waals surface area contributed by atoms with Crippen LogP contribution < -0.4 is 5.32 Å². The van der Waals surface area contributed by atoms with Crippen molar-refractivity contribution in [3.63, 3.8) is 0 Å². The normalized spacial score (nSPS) is 13.9. The molecular formula is C9H14ClN3O2. The number of halogens is 1. The molecule has 0 radical (unpaired) electrons. The molecule has 1 N–H and O–H groups in total. The number of carbonyl (C=O) groups is 1. The molecule has 15 heavy (non-hydrogen) atoms. The van der Waals surface area contributed by atoms with Gasteiger partial charge in [0.05, 0.1) is 18.6 Å². The number of nitrogens with one attached hydrogen (secondary N) is 1. The summed E-state index contributed by atoms with van der Waals surface area (Å²) >= 11 is 0. The van der Waals surface area contributed by atoms with E-state index >= 15 is 0 Å². The monoisotopic (exact) mass is 231 g/mol. The van der Waals surface area contributed by atoms with E-state index in [4.69, 9.17) is 4.74 Å². The van der Waals surface area contributed by atoms with Crippen LogP contribution in [0.4, 0.5) is 0 Å². The Kier molecular flexibility index (Phi) is 4.11. The molecular weight excluding hydrogens is 218 g/mol. The molecule has 5 nitrogen and oxygen atoms in total. The first-order valence-electron chi connectivity index (χ1n) is 4.74. The topological polar surface area (TPSA) is 56.1 Å². The van der Waals surface area contributed by atoms with Gasteiger partial charge in [-0.05, 0) is 6.92 Å². The van der Waals surface area contributed by atoms with Crippen LogP contribution in [-0.2, 0) is 17.8 Å². The van der Waals surface area contributed by atoms with Crippen molar-refractivity contribution in [2.45, 2.75) is 20.0 Å². The van der Waals surface area contributed by atoms with Crippen LogP contribution in [0.1, 0.15) is 23.1 Å². The Morgan fingerprint density at radius 1 is 1.73 bits per heavy atom. The maximum absolute atomic E-state index is 11.5. The zero-order valence-electron chi connectivity index (χ0n) is 8.52. The Labute approximate surface area is 94.2 Å². The molecule has 1 aliphatic heterocycles. The number of ether oxygens (including phenoxy) is 1. The van der Waals surface area contributed by atoms with E-state index in [-0.39, 0.29) is 18.4 Å². The van der Waals surface area contributed by atoms with Crippen molar-refractivity contribution < 1.29 is 9.53 Å². The molecule has 1 aliphatic rings. The lowest BCUT2D eigenvalue weighted by Gasteiger charge is -2.15. The number of fused-ring (bicyclic) bond motifs is 1. The van der Waals surface area contributed by atoms with Gasteiger partial charge >= 0.3 is 5.97 Å². The van der Waals surface area contributed by atoms with Gasteiger partial charge in [0.1, 0.15) is 0 Å². The van der Waals surface area contributed by atoms with E-state index in [0.29, 0.717) is 18.8 Å². The van der Waals surface area contributed by atoms with Crippen LogP contribution in [0.2, 0.25) is 0 Å². The first kappa shape index (κ1) is 12.0. The van der Waals surface area contributed by atoms with Gasteiger partial charge < -0.3 is 14.6 Å². The van der Waals surface area contributed by atoms with E-state index in [1.54, 1.807) is 13.3 Å². The number of rotatable bonds is 2. The highest BCUT2D eigenvalue weighted by Gasteiger charge is 2.20. The molecule has 0 aliphatic carbocycles. The lowest BCUT2D eigenvalue weighted by molar-refractivity contribution is 0.0518. The molecule has 0 atom stereocenters. The van der Waals surface area contributed by atoms with Gasteiger partial charge in [0.15, 0.2) is 5.69 Å². The molecule has 0 aromatic carbocycles. The van der Waals surface area contributed by atoms with Gasteiger partial charge in [0.25, 0.3) is 0 Å². The van der Waals surface area contributed by atoms with Crippen molar-refractivity contribution in [1.82, 2.24) is 14.9 Å². The van der Waals surface area contributed by atoms with Gasteiger partial charge in [-0.1, -0.05) is 0 Å². The van der Waals surface area contributed by atoms with Crippen LogP contribution in [0.5, 0.6) is 0 Å². The van der Waals surface area contributed by atoms with Crippen molar-refractivity contribution in [2.24, 2.45) is 0 Å². The summed E-state index contributed by atoms with van der Waals surface area (Å²) in [5.74, 6) is -0.329. The molecule has 0 saturated heterocycles. The van der Waals surface area contributed by atoms with Crippen LogP contribution in [0, 0.1) is 0 Å². The molecule has 1 aromatic rings. The highest BCUT2D eigenvalue weighted by molar-refractivity contribution is 5.88. The van der Waals surface area contributed by atoms with Crippen LogP contribution in [0.25, 0.3) is 0 Å². The fourth-order valence-electron chi connectivity index (χ4n) is 1.56. The van der Waals surface area contributed by atoms with E-state index in [2.05, 4.69) is 10.3 Å². The summed E-state index contributed by atoms with van der Waals surface area (Å²) in [7, 11) is 0. The minimum atomic E-state index is -0.329. The minimum absolute atomic E-state index is 0. The highest BCUT2D eigenvalue weighted by Crippen LogP contribution is 2.11. The van der Waals surface area contributed by atoms with E-state index in [0.717, 1.165) is 18.8 Å². The van der Waals surface area contributed by atoms with Crippen molar-refractivity contribution in [3.05, 3.63) is 17.7 Å². The molecule has 84 valence electrons. The lowest BCUT2D eigenvalue weighted by Crippen LogP contribution is -2.28. The molecule has 0 amide bonds. The summed E-state index contributed by atoms with van der Waals surface area (Å²) in [6, 6.07) is 0. The predicted molar refractivity (Wildman–Crippen MR) is 57.1 cm³/mol. The number of hydrogen-bond donors (Lipinski definition) is 1. The number of nitrogens with zero attached hydrogens (tertiary/aromatic N) is 2. The molecule has 6 heteroatoms. The van der Waals surface area contributed by atoms with Gasteiger partial charge in [-0.2, -0.15) is 0 Å². The van der Waals surface area contributed by atoms with Crippen molar-refractivity contribution in [2.75, 3.05) is 13.2 Å². The van der Waals surface area contributed by atoms with E-state index in [1.165, 1.54) is 0 Å². The Hall–Kier alpha value is -1.07. The zero-order chi connectivity index (χ0) is 9.97. The lowest BCUT2D eigenvalue weighted by atomic mass is 10.3. The van der Waals surface area contributed by atoms with Gasteiger partial charge in [-0.3, -0.25) is 0 Å². The van der Waals surface area contributed by atoms with Crippen molar-refractivity contribution >= 4 is 18.4 Å². The van der Waals surface area contributed by atoms with E-state index in [9.17, 15) is 4.79 Å². The Bertz CT molecular complexity index is 351. The molecule has 0 fully saturated rings. The average molecular weight is 232 g/mol. The third kappa shape index (κ3) is 2.30. The second-order valence-electron chi connectivity index (χ2n) is 3.13. The summed E-state index contributed by atoms with van der Waals surface area (Å²) in [4.78, 5) is 15.5. The van der Waals surface area contributed by atoms with Gasteiger partial charge in [-0.25, -0.2) is 9.78 Å². The molecule has 0 unspecified atom stereocenters. The summed E-state index contributed by atoms with van der Waals surface area (Å²) in [6.07, 6.45) is 1.70. The van der Waals surface area contributed by atoms with Gasteiger partial charge in [0.2, 0.25) is 0 Å². The molecule has 0 bridgehead atoms. The first-order valence-corrected chi connectivity index (χ1v) is 4.74. The smallest absolute Gasteiger partial charge is 0.358 e. The van der Waals surface area contributed by atoms with Crippen LogP contribution in [0.15, 0.2) is 6.33 Å². The first-order chi connectivity index (χ1) is 6.83. The molecule has 0 saturated carbocycles. The third-order valence-electron chi connectivity index (χ3n) is 2.24. The maximum Gasteiger partial charge on any atom is 0.358 e. The average Bonchev–Trinajstić information content (AvgIpc) is 2.61. The summed E-state index contributed by atoms with van der Waals surface area (Å²) < 4.78 is 6.90. The predicted octanol–water partition coefficient (Wildman–Crippen LogP) is 0.585. The third-order valence-corrected chi connectivity index (χ3v) is 2.24. The fraction of sp³-hybridized carbons (Fsp3) is 0.556. The molecule has 2 rings (SSSR count). The van der Waals surface area contributed by atoms with Crippen molar-refractivity contribution in [3.8, 4) is 0 Å². The summed E-state index contributed by atoms with van der Waals surface area (Å²) in [6.45, 7) is 4.65. The van der Waals surface area contributed by atoms with Crippen molar-refractivity contribution in [1.29, 1.82) is 0 Å². The van der Waals surface area contributed by atoms with Crippen LogP contribution in [0.3, 0.4) is 0 Å². The van der Waals surface area contributed by atoms with Crippen LogP contribution in [-0.4, -0.2) is 28.7 Å². The Morgan fingerprint density at radius 3 is 3.27 bits per heavy atom. The quantitative estimate of drug-likeness (QED) is 0.757. The largest absolute Gasteiger partial charge is 0.461 e. The standard InChI is InChI=1S/C9H13N3O2.ClH/c1-2-14-9(13)8-7-5-10-3-4-12(7)6-11-8;/h6,10H,2-5H2,1H3;1H. The molecule has 1 aromatic heterocycles. The van der Waals surface area contributed by atoms with Crippen LogP contribution >= 0.6 is 12.4 Å². The number of imidazole rings is 1. The zero-order valence-corrected chi connectivity index (χ0v) is 9.34. The molecule has 0 spiro atoms. The Balaban J connectivity index is 0.00000112. The highest BCUT2D eigenvalue weighted by atomic mass is 35.5. The van der Waals surface area contributed by atoms with Gasteiger partial charge in [-0.15, -0.1) is 12.4 Å². The minimum Gasteiger partial charge on any atom is -0.461 e. The maximum atomic E-state index is 11.5. The number of aromatic nitrogens is 2. The second kappa shape index (κ2) is 5.14. The number of esters is 1. The summed E-state index contributed by atoms with van der Waals surface area (Å²) in [5.41, 5.74) is 1.37. The second-order valence-corrected chi connectivity index (χ2v) is 3.13. The fourth-order valence-corrected chi connectivity index (χ4v) is 1.56.